The number of hydrogen-bond acceptors (Lipinski definition) is 5. The zero-order valence-corrected chi connectivity index (χ0v) is 31.6. The molecular formula is C40H47Cl2N5O3S. The highest BCUT2D eigenvalue weighted by atomic mass is 35.5. The lowest BCUT2D eigenvalue weighted by Crippen LogP contribution is -2.49. The number of aromatic nitrogens is 2. The van der Waals surface area contributed by atoms with Crippen LogP contribution < -0.4 is 4.72 Å². The summed E-state index contributed by atoms with van der Waals surface area (Å²) in [5.41, 5.74) is 3.64. The first-order valence-corrected chi connectivity index (χ1v) is 20.9. The number of carbonyl (C=O) groups is 1. The van der Waals surface area contributed by atoms with Gasteiger partial charge in [0.2, 0.25) is 10.0 Å². The molecule has 4 aliphatic rings. The van der Waals surface area contributed by atoms with E-state index in [4.69, 9.17) is 28.2 Å². The molecule has 1 aromatic heterocycles. The lowest BCUT2D eigenvalue weighted by Gasteiger charge is -2.45. The standard InChI is InChI=1S/C40H47Cl2N5O3S/c1-27-43-34-13-7-8-14-35(34)47(27)32-25-30-15-16-31(26-32)46(30)24-21-40(28-9-3-2-4-10-28)19-22-45(23-20-40)39(48)37-33(41)17-18-36(38(37)42)51(49,50)44-29-11-5-6-12-29/h2-4,7-10,13-14,17-18,29-32,44H,5-6,11-12,15-16,19-26H2,1H3/t30-,31+,32?. The Labute approximate surface area is 311 Å². The number of benzene rings is 3. The van der Waals surface area contributed by atoms with Crippen molar-refractivity contribution in [2.45, 2.75) is 112 Å². The van der Waals surface area contributed by atoms with E-state index in [0.29, 0.717) is 31.2 Å². The van der Waals surface area contributed by atoms with E-state index in [1.54, 1.807) is 0 Å². The van der Waals surface area contributed by atoms with E-state index in [1.165, 1.54) is 36.1 Å². The van der Waals surface area contributed by atoms with Gasteiger partial charge in [0, 0.05) is 37.3 Å². The monoisotopic (exact) mass is 747 g/mol. The van der Waals surface area contributed by atoms with Gasteiger partial charge in [-0.3, -0.25) is 9.69 Å². The molecule has 8 rings (SSSR count). The van der Waals surface area contributed by atoms with E-state index in [2.05, 4.69) is 75.7 Å². The molecule has 1 unspecified atom stereocenters. The average Bonchev–Trinajstić information content (AvgIpc) is 3.82. The van der Waals surface area contributed by atoms with Crippen LogP contribution in [0.1, 0.15) is 98.4 Å². The molecule has 1 amide bonds. The Morgan fingerprint density at radius 1 is 0.882 bits per heavy atom. The van der Waals surface area contributed by atoms with E-state index in [9.17, 15) is 13.2 Å². The lowest BCUT2D eigenvalue weighted by atomic mass is 9.70. The number of nitrogens with one attached hydrogen (secondary N) is 1. The van der Waals surface area contributed by atoms with Gasteiger partial charge in [0.25, 0.3) is 5.91 Å². The molecule has 0 spiro atoms. The summed E-state index contributed by atoms with van der Waals surface area (Å²) in [6.07, 6.45) is 11.0. The topological polar surface area (TPSA) is 87.5 Å². The van der Waals surface area contributed by atoms with E-state index in [1.807, 2.05) is 4.90 Å². The molecule has 1 N–H and O–H groups in total. The molecule has 2 bridgehead atoms. The summed E-state index contributed by atoms with van der Waals surface area (Å²) in [7, 11) is -3.90. The molecule has 3 atom stereocenters. The highest BCUT2D eigenvalue weighted by Crippen LogP contribution is 2.45. The third-order valence-electron chi connectivity index (χ3n) is 12.5. The number of sulfonamides is 1. The summed E-state index contributed by atoms with van der Waals surface area (Å²) in [5, 5.41) is 0.0677. The molecule has 3 aliphatic heterocycles. The fraction of sp³-hybridized carbons (Fsp3) is 0.500. The van der Waals surface area contributed by atoms with Gasteiger partial charge in [-0.25, -0.2) is 18.1 Å². The molecule has 1 aliphatic carbocycles. The lowest BCUT2D eigenvalue weighted by molar-refractivity contribution is 0.0607. The number of hydrogen-bond donors (Lipinski definition) is 1. The molecule has 8 nitrogen and oxygen atoms in total. The van der Waals surface area contributed by atoms with Crippen LogP contribution in [0.2, 0.25) is 10.0 Å². The predicted molar refractivity (Wildman–Crippen MR) is 203 cm³/mol. The number of imidazole rings is 1. The smallest absolute Gasteiger partial charge is 0.256 e. The van der Waals surface area contributed by atoms with Crippen LogP contribution in [0.5, 0.6) is 0 Å². The molecule has 3 aromatic carbocycles. The van der Waals surface area contributed by atoms with Gasteiger partial charge in [0.1, 0.15) is 10.7 Å². The van der Waals surface area contributed by atoms with Crippen molar-refractivity contribution in [3.63, 3.8) is 0 Å². The number of fused-ring (bicyclic) bond motifs is 3. The largest absolute Gasteiger partial charge is 0.338 e. The van der Waals surface area contributed by atoms with Gasteiger partial charge in [0.15, 0.2) is 0 Å². The molecule has 51 heavy (non-hydrogen) atoms. The SMILES string of the molecule is Cc1nc2ccccc2n1C1C[C@H]2CC[C@@H](C1)N2CCC1(c2ccccc2)CCN(C(=O)c2c(Cl)ccc(S(=O)(=O)NC3CCCC3)c2Cl)CC1. The second-order valence-corrected chi connectivity index (χ2v) is 17.8. The molecule has 4 aromatic rings. The van der Waals surface area contributed by atoms with E-state index in [0.717, 1.165) is 75.7 Å². The summed E-state index contributed by atoms with van der Waals surface area (Å²) in [4.78, 5) is 23.5. The number of aryl methyl sites for hydroxylation is 1. The van der Waals surface area contributed by atoms with Crippen molar-refractivity contribution >= 4 is 50.2 Å². The normalized spacial score (nSPS) is 24.1. The Morgan fingerprint density at radius 3 is 2.25 bits per heavy atom. The van der Waals surface area contributed by atoms with Crippen molar-refractivity contribution in [3.05, 3.63) is 93.7 Å². The van der Waals surface area contributed by atoms with Crippen molar-refractivity contribution in [3.8, 4) is 0 Å². The number of amides is 1. The molecule has 4 fully saturated rings. The van der Waals surface area contributed by atoms with Crippen LogP contribution in [0.15, 0.2) is 71.6 Å². The number of para-hydroxylation sites is 2. The molecule has 11 heteroatoms. The quantitative estimate of drug-likeness (QED) is 0.186. The molecular weight excluding hydrogens is 701 g/mol. The van der Waals surface area contributed by atoms with E-state index in [-0.39, 0.29) is 37.9 Å². The van der Waals surface area contributed by atoms with Crippen LogP contribution >= 0.6 is 23.2 Å². The molecule has 3 saturated heterocycles. The van der Waals surface area contributed by atoms with Crippen molar-refractivity contribution < 1.29 is 13.2 Å². The number of likely N-dealkylation sites (tertiary alicyclic amines) is 1. The van der Waals surface area contributed by atoms with Gasteiger partial charge in [0.05, 0.1) is 26.6 Å². The van der Waals surface area contributed by atoms with Gasteiger partial charge in [-0.05, 0) is 106 Å². The molecule has 0 radical (unpaired) electrons. The second kappa shape index (κ2) is 14.1. The maximum absolute atomic E-state index is 14.1. The third-order valence-corrected chi connectivity index (χ3v) is 14.9. The maximum Gasteiger partial charge on any atom is 0.256 e. The third kappa shape index (κ3) is 6.63. The van der Waals surface area contributed by atoms with Gasteiger partial charge < -0.3 is 9.47 Å². The fourth-order valence-corrected chi connectivity index (χ4v) is 12.0. The summed E-state index contributed by atoms with van der Waals surface area (Å²) < 4.78 is 32.0. The fourth-order valence-electron chi connectivity index (χ4n) is 9.82. The minimum atomic E-state index is -3.90. The Hall–Kier alpha value is -2.95. The van der Waals surface area contributed by atoms with Crippen LogP contribution in [0.25, 0.3) is 11.0 Å². The van der Waals surface area contributed by atoms with Crippen molar-refractivity contribution in [2.24, 2.45) is 0 Å². The van der Waals surface area contributed by atoms with Gasteiger partial charge >= 0.3 is 0 Å². The Kier molecular flexibility index (Phi) is 9.72. The van der Waals surface area contributed by atoms with E-state index < -0.39 is 10.0 Å². The van der Waals surface area contributed by atoms with Crippen molar-refractivity contribution in [2.75, 3.05) is 19.6 Å². The van der Waals surface area contributed by atoms with E-state index >= 15 is 0 Å². The average molecular weight is 749 g/mol. The number of halogens is 2. The summed E-state index contributed by atoms with van der Waals surface area (Å²) >= 11 is 13.3. The van der Waals surface area contributed by atoms with Gasteiger partial charge in [-0.2, -0.15) is 0 Å². The first-order chi connectivity index (χ1) is 24.6. The first kappa shape index (κ1) is 35.1. The summed E-state index contributed by atoms with van der Waals surface area (Å²) in [6, 6.07) is 23.6. The molecule has 4 heterocycles. The minimum Gasteiger partial charge on any atom is -0.338 e. The maximum atomic E-state index is 14.1. The van der Waals surface area contributed by atoms with Crippen LogP contribution in [0.3, 0.4) is 0 Å². The Balaban J connectivity index is 0.977. The van der Waals surface area contributed by atoms with Gasteiger partial charge in [-0.15, -0.1) is 0 Å². The molecule has 1 saturated carbocycles. The van der Waals surface area contributed by atoms with Crippen molar-refractivity contribution in [1.82, 2.24) is 24.1 Å². The molecule has 270 valence electrons. The van der Waals surface area contributed by atoms with Crippen LogP contribution in [-0.4, -0.2) is 71.4 Å². The van der Waals surface area contributed by atoms with Crippen LogP contribution in [0.4, 0.5) is 0 Å². The highest BCUT2D eigenvalue weighted by molar-refractivity contribution is 7.89. The Morgan fingerprint density at radius 2 is 1.55 bits per heavy atom. The van der Waals surface area contributed by atoms with Gasteiger partial charge in [-0.1, -0.05) is 78.5 Å². The first-order valence-electron chi connectivity index (χ1n) is 18.7. The predicted octanol–water partition coefficient (Wildman–Crippen LogP) is 8.30. The zero-order valence-electron chi connectivity index (χ0n) is 29.2. The van der Waals surface area contributed by atoms with Crippen molar-refractivity contribution in [1.29, 1.82) is 0 Å². The number of piperidine rings is 2. The second-order valence-electron chi connectivity index (χ2n) is 15.3. The number of rotatable bonds is 9. The van der Waals surface area contributed by atoms with Crippen LogP contribution in [0, 0.1) is 6.92 Å². The number of nitrogens with zero attached hydrogens (tertiary/aromatic N) is 4. The number of carbonyl (C=O) groups excluding carboxylic acids is 1. The zero-order chi connectivity index (χ0) is 35.3. The highest BCUT2D eigenvalue weighted by Gasteiger charge is 2.44. The Bertz CT molecular complexity index is 2010. The summed E-state index contributed by atoms with van der Waals surface area (Å²) in [5.74, 6) is 0.794. The minimum absolute atomic E-state index is 0.0696. The van der Waals surface area contributed by atoms with Crippen LogP contribution in [-0.2, 0) is 15.4 Å². The summed E-state index contributed by atoms with van der Waals surface area (Å²) in [6.45, 7) is 4.25.